The van der Waals surface area contributed by atoms with E-state index in [9.17, 15) is 14.0 Å². The summed E-state index contributed by atoms with van der Waals surface area (Å²) in [7, 11) is 1.59. The second kappa shape index (κ2) is 8.55. The van der Waals surface area contributed by atoms with E-state index in [2.05, 4.69) is 5.32 Å². The summed E-state index contributed by atoms with van der Waals surface area (Å²) < 4.78 is 18.4. The number of urea groups is 1. The molecular formula is C22H24FN3O3S. The van der Waals surface area contributed by atoms with E-state index < -0.39 is 0 Å². The number of carbonyl (C=O) groups is 2. The van der Waals surface area contributed by atoms with Crippen LogP contribution in [-0.2, 0) is 0 Å². The number of nitrogens with one attached hydrogen (secondary N) is 1. The van der Waals surface area contributed by atoms with Crippen molar-refractivity contribution < 1.29 is 18.7 Å². The first kappa shape index (κ1) is 20.5. The molecule has 2 aliphatic heterocycles. The van der Waals surface area contributed by atoms with Crippen molar-refractivity contribution in [2.24, 2.45) is 0 Å². The Bertz CT molecular complexity index is 929. The van der Waals surface area contributed by atoms with Crippen LogP contribution in [0.15, 0.2) is 48.5 Å². The maximum absolute atomic E-state index is 13.2. The van der Waals surface area contributed by atoms with Crippen LogP contribution in [0.1, 0.15) is 23.2 Å². The third-order valence-electron chi connectivity index (χ3n) is 5.67. The molecule has 2 fully saturated rings. The SMILES string of the molecule is COc1cccc(NC(=O)N2CCC3(CC2)SCCN3C(=O)c2ccc(F)cc2)c1. The van der Waals surface area contributed by atoms with Crippen molar-refractivity contribution in [3.05, 3.63) is 59.9 Å². The zero-order valence-electron chi connectivity index (χ0n) is 16.8. The van der Waals surface area contributed by atoms with Gasteiger partial charge in [-0.1, -0.05) is 6.07 Å². The molecule has 2 aromatic carbocycles. The summed E-state index contributed by atoms with van der Waals surface area (Å²) >= 11 is 1.78. The Labute approximate surface area is 179 Å². The van der Waals surface area contributed by atoms with Crippen LogP contribution >= 0.6 is 11.8 Å². The van der Waals surface area contributed by atoms with Gasteiger partial charge in [-0.25, -0.2) is 9.18 Å². The standard InChI is InChI=1S/C22H24FN3O3S/c1-29-19-4-2-3-18(15-19)24-21(28)25-11-9-22(10-12-25)26(13-14-30-22)20(27)16-5-7-17(23)8-6-16/h2-8,15H,9-14H2,1H3,(H,24,28). The number of benzene rings is 2. The normalized spacial score (nSPS) is 17.8. The maximum atomic E-state index is 13.2. The summed E-state index contributed by atoms with van der Waals surface area (Å²) in [6, 6.07) is 12.8. The number of carbonyl (C=O) groups excluding carboxylic acids is 2. The molecule has 1 N–H and O–H groups in total. The fourth-order valence-electron chi connectivity index (χ4n) is 4.02. The first-order chi connectivity index (χ1) is 14.5. The van der Waals surface area contributed by atoms with E-state index in [0.717, 1.165) is 5.75 Å². The number of hydrogen-bond donors (Lipinski definition) is 1. The number of ether oxygens (including phenoxy) is 1. The molecule has 0 unspecified atom stereocenters. The number of rotatable bonds is 3. The van der Waals surface area contributed by atoms with Crippen LogP contribution in [0.3, 0.4) is 0 Å². The molecular weight excluding hydrogens is 405 g/mol. The molecule has 0 saturated carbocycles. The van der Waals surface area contributed by atoms with Gasteiger partial charge in [-0.15, -0.1) is 11.8 Å². The molecule has 1 spiro atoms. The molecule has 3 amide bonds. The summed E-state index contributed by atoms with van der Waals surface area (Å²) in [5.41, 5.74) is 1.18. The average Bonchev–Trinajstić information content (AvgIpc) is 3.17. The van der Waals surface area contributed by atoms with E-state index >= 15 is 0 Å². The van der Waals surface area contributed by atoms with Crippen LogP contribution in [0.2, 0.25) is 0 Å². The van der Waals surface area contributed by atoms with Crippen LogP contribution in [0.5, 0.6) is 5.75 Å². The molecule has 30 heavy (non-hydrogen) atoms. The number of thioether (sulfide) groups is 1. The molecule has 0 bridgehead atoms. The van der Waals surface area contributed by atoms with Crippen molar-refractivity contribution in [2.45, 2.75) is 17.7 Å². The molecule has 2 aromatic rings. The molecule has 0 atom stereocenters. The molecule has 2 saturated heterocycles. The van der Waals surface area contributed by atoms with E-state index in [0.29, 0.717) is 49.5 Å². The Morgan fingerprint density at radius 1 is 1.10 bits per heavy atom. The Kier molecular flexibility index (Phi) is 5.85. The fourth-order valence-corrected chi connectivity index (χ4v) is 5.48. The lowest BCUT2D eigenvalue weighted by molar-refractivity contribution is 0.0585. The summed E-state index contributed by atoms with van der Waals surface area (Å²) in [4.78, 5) is 29.1. The van der Waals surface area contributed by atoms with Gasteiger partial charge in [-0.05, 0) is 49.2 Å². The topological polar surface area (TPSA) is 61.9 Å². The number of piperidine rings is 1. The Morgan fingerprint density at radius 2 is 1.83 bits per heavy atom. The zero-order chi connectivity index (χ0) is 21.1. The Hall–Kier alpha value is -2.74. The van der Waals surface area contributed by atoms with E-state index in [4.69, 9.17) is 4.74 Å². The van der Waals surface area contributed by atoms with Gasteiger partial charge in [0.15, 0.2) is 0 Å². The minimum absolute atomic E-state index is 0.0747. The van der Waals surface area contributed by atoms with Crippen LogP contribution in [-0.4, -0.2) is 59.1 Å². The molecule has 0 aliphatic carbocycles. The van der Waals surface area contributed by atoms with E-state index in [-0.39, 0.29) is 22.6 Å². The zero-order valence-corrected chi connectivity index (χ0v) is 17.6. The quantitative estimate of drug-likeness (QED) is 0.800. The van der Waals surface area contributed by atoms with E-state index in [1.165, 1.54) is 24.3 Å². The number of methoxy groups -OCH3 is 1. The number of halogens is 1. The first-order valence-electron chi connectivity index (χ1n) is 9.92. The predicted molar refractivity (Wildman–Crippen MR) is 115 cm³/mol. The Balaban J connectivity index is 1.40. The lowest BCUT2D eigenvalue weighted by atomic mass is 10.0. The highest BCUT2D eigenvalue weighted by Gasteiger charge is 2.47. The van der Waals surface area contributed by atoms with Crippen molar-refractivity contribution in [2.75, 3.05) is 37.8 Å². The third-order valence-corrected chi connectivity index (χ3v) is 7.22. The second-order valence-electron chi connectivity index (χ2n) is 7.41. The molecule has 0 radical (unpaired) electrons. The number of anilines is 1. The monoisotopic (exact) mass is 429 g/mol. The first-order valence-corrected chi connectivity index (χ1v) is 10.9. The van der Waals surface area contributed by atoms with Crippen LogP contribution < -0.4 is 10.1 Å². The number of hydrogen-bond acceptors (Lipinski definition) is 4. The van der Waals surface area contributed by atoms with Gasteiger partial charge in [0, 0.05) is 42.7 Å². The van der Waals surface area contributed by atoms with Crippen LogP contribution in [0, 0.1) is 5.82 Å². The van der Waals surface area contributed by atoms with Crippen molar-refractivity contribution in [1.82, 2.24) is 9.80 Å². The van der Waals surface area contributed by atoms with Gasteiger partial charge in [0.2, 0.25) is 0 Å². The molecule has 158 valence electrons. The summed E-state index contributed by atoms with van der Waals surface area (Å²) in [6.07, 6.45) is 1.41. The number of nitrogens with zero attached hydrogens (tertiary/aromatic N) is 2. The molecule has 4 rings (SSSR count). The molecule has 2 heterocycles. The van der Waals surface area contributed by atoms with Crippen molar-refractivity contribution in [3.63, 3.8) is 0 Å². The highest BCUT2D eigenvalue weighted by molar-refractivity contribution is 8.00. The van der Waals surface area contributed by atoms with Gasteiger partial charge in [-0.2, -0.15) is 0 Å². The van der Waals surface area contributed by atoms with Gasteiger partial charge < -0.3 is 19.9 Å². The minimum Gasteiger partial charge on any atom is -0.497 e. The van der Waals surface area contributed by atoms with E-state index in [1.807, 2.05) is 23.1 Å². The highest BCUT2D eigenvalue weighted by atomic mass is 32.2. The van der Waals surface area contributed by atoms with Gasteiger partial charge >= 0.3 is 6.03 Å². The van der Waals surface area contributed by atoms with Crippen molar-refractivity contribution in [1.29, 1.82) is 0 Å². The maximum Gasteiger partial charge on any atom is 0.321 e. The fraction of sp³-hybridized carbons (Fsp3) is 0.364. The van der Waals surface area contributed by atoms with Gasteiger partial charge in [-0.3, -0.25) is 4.79 Å². The lowest BCUT2D eigenvalue weighted by Gasteiger charge is -2.44. The summed E-state index contributed by atoms with van der Waals surface area (Å²) in [5.74, 6) is 1.12. The van der Waals surface area contributed by atoms with E-state index in [1.54, 1.807) is 29.8 Å². The average molecular weight is 430 g/mol. The minimum atomic E-state index is -0.354. The number of likely N-dealkylation sites (tertiary alicyclic amines) is 1. The second-order valence-corrected chi connectivity index (χ2v) is 8.86. The molecule has 8 heteroatoms. The number of amides is 3. The predicted octanol–water partition coefficient (Wildman–Crippen LogP) is 4.05. The van der Waals surface area contributed by atoms with Crippen LogP contribution in [0.25, 0.3) is 0 Å². The van der Waals surface area contributed by atoms with Gasteiger partial charge in [0.1, 0.15) is 11.6 Å². The van der Waals surface area contributed by atoms with Gasteiger partial charge in [0.05, 0.1) is 12.0 Å². The molecule has 6 nitrogen and oxygen atoms in total. The van der Waals surface area contributed by atoms with Crippen LogP contribution in [0.4, 0.5) is 14.9 Å². The lowest BCUT2D eigenvalue weighted by Crippen LogP contribution is -2.54. The van der Waals surface area contributed by atoms with Gasteiger partial charge in [0.25, 0.3) is 5.91 Å². The summed E-state index contributed by atoms with van der Waals surface area (Å²) in [6.45, 7) is 1.79. The van der Waals surface area contributed by atoms with Crippen molar-refractivity contribution >= 4 is 29.4 Å². The highest BCUT2D eigenvalue weighted by Crippen LogP contribution is 2.44. The molecule has 2 aliphatic rings. The third kappa shape index (κ3) is 4.09. The largest absolute Gasteiger partial charge is 0.497 e. The smallest absolute Gasteiger partial charge is 0.321 e. The summed E-state index contributed by atoms with van der Waals surface area (Å²) in [5, 5.41) is 2.91. The van der Waals surface area contributed by atoms with Crippen molar-refractivity contribution in [3.8, 4) is 5.75 Å². The Morgan fingerprint density at radius 3 is 2.53 bits per heavy atom. The molecule has 0 aromatic heterocycles.